The molecule has 2 aromatic carbocycles. The van der Waals surface area contributed by atoms with Crippen LogP contribution in [-0.4, -0.2) is 30.1 Å². The number of carbonyl (C=O) groups is 2. The Kier molecular flexibility index (Phi) is 7.70. The molecule has 0 unspecified atom stereocenters. The number of hydrazine groups is 1. The van der Waals surface area contributed by atoms with Crippen LogP contribution >= 0.6 is 0 Å². The summed E-state index contributed by atoms with van der Waals surface area (Å²) in [6.07, 6.45) is 6.03. The minimum Gasteiger partial charge on any atom is -0.493 e. The molecule has 0 aliphatic carbocycles. The van der Waals surface area contributed by atoms with Gasteiger partial charge in [-0.05, 0) is 54.4 Å². The summed E-state index contributed by atoms with van der Waals surface area (Å²) in [5.74, 6) is 0.306. The van der Waals surface area contributed by atoms with E-state index >= 15 is 0 Å². The van der Waals surface area contributed by atoms with Crippen LogP contribution in [-0.2, 0) is 11.2 Å². The van der Waals surface area contributed by atoms with Crippen molar-refractivity contribution in [1.82, 2.24) is 15.4 Å². The van der Waals surface area contributed by atoms with E-state index in [1.807, 2.05) is 53.4 Å². The quantitative estimate of drug-likeness (QED) is 0.408. The first-order valence-electron chi connectivity index (χ1n) is 10.2. The van der Waals surface area contributed by atoms with Gasteiger partial charge >= 0.3 is 0 Å². The fraction of sp³-hybridized carbons (Fsp3) is 0.250. The highest BCUT2D eigenvalue weighted by Gasteiger charge is 2.12. The van der Waals surface area contributed by atoms with Crippen LogP contribution in [0.1, 0.15) is 35.7 Å². The number of hydrogen-bond donors (Lipinski definition) is 2. The molecule has 0 spiro atoms. The van der Waals surface area contributed by atoms with Gasteiger partial charge in [-0.2, -0.15) is 0 Å². The average molecular weight is 421 g/mol. The Balaban J connectivity index is 1.52. The number of methoxy groups -OCH3 is 1. The van der Waals surface area contributed by atoms with Crippen LogP contribution in [0.3, 0.4) is 0 Å². The zero-order valence-electron chi connectivity index (χ0n) is 17.8. The number of ether oxygens (including phenoxy) is 2. The van der Waals surface area contributed by atoms with E-state index < -0.39 is 5.91 Å². The molecule has 1 aromatic heterocycles. The van der Waals surface area contributed by atoms with Crippen LogP contribution < -0.4 is 20.3 Å². The summed E-state index contributed by atoms with van der Waals surface area (Å²) >= 11 is 0. The van der Waals surface area contributed by atoms with E-state index in [0.29, 0.717) is 23.7 Å². The van der Waals surface area contributed by atoms with Crippen molar-refractivity contribution >= 4 is 11.8 Å². The average Bonchev–Trinajstić information content (AvgIpc) is 3.33. The summed E-state index contributed by atoms with van der Waals surface area (Å²) in [6, 6.07) is 16.5. The smallest absolute Gasteiger partial charge is 0.269 e. The highest BCUT2D eigenvalue weighted by Crippen LogP contribution is 2.28. The molecule has 3 aromatic rings. The number of hydrogen-bond acceptors (Lipinski definition) is 4. The Morgan fingerprint density at radius 1 is 0.968 bits per heavy atom. The molecular weight excluding hydrogens is 394 g/mol. The van der Waals surface area contributed by atoms with Crippen LogP contribution in [0, 0.1) is 0 Å². The standard InChI is InChI=1S/C24H27N3O4/c1-3-4-15-31-21-12-9-19(17-22(21)30-2)24(29)26-25-23(28)16-18-7-10-20(11-8-18)27-13-5-6-14-27/h5-14,17H,3-4,15-16H2,1-2H3,(H,25,28)(H,26,29). The maximum Gasteiger partial charge on any atom is 0.269 e. The lowest BCUT2D eigenvalue weighted by Gasteiger charge is -2.12. The second-order valence-corrected chi connectivity index (χ2v) is 7.00. The SMILES string of the molecule is CCCCOc1ccc(C(=O)NNC(=O)Cc2ccc(-n3cccc3)cc2)cc1OC. The zero-order chi connectivity index (χ0) is 22.1. The third-order valence-corrected chi connectivity index (χ3v) is 4.70. The number of aromatic nitrogens is 1. The number of nitrogens with one attached hydrogen (secondary N) is 2. The molecule has 0 saturated heterocycles. The summed E-state index contributed by atoms with van der Waals surface area (Å²) < 4.78 is 13.0. The summed E-state index contributed by atoms with van der Waals surface area (Å²) in [5.41, 5.74) is 7.10. The molecule has 0 aliphatic heterocycles. The Morgan fingerprint density at radius 3 is 2.39 bits per heavy atom. The predicted molar refractivity (Wildman–Crippen MR) is 118 cm³/mol. The maximum absolute atomic E-state index is 12.4. The van der Waals surface area contributed by atoms with Gasteiger partial charge in [0.05, 0.1) is 20.1 Å². The lowest BCUT2D eigenvalue weighted by atomic mass is 10.1. The minimum atomic E-state index is -0.435. The topological polar surface area (TPSA) is 81.6 Å². The third-order valence-electron chi connectivity index (χ3n) is 4.70. The fourth-order valence-corrected chi connectivity index (χ4v) is 2.98. The van der Waals surface area contributed by atoms with Crippen molar-refractivity contribution in [2.75, 3.05) is 13.7 Å². The minimum absolute atomic E-state index is 0.153. The number of unbranched alkanes of at least 4 members (excludes halogenated alkanes) is 1. The first-order valence-corrected chi connectivity index (χ1v) is 10.2. The van der Waals surface area contributed by atoms with Gasteiger partial charge in [-0.1, -0.05) is 25.5 Å². The van der Waals surface area contributed by atoms with E-state index in [2.05, 4.69) is 17.8 Å². The fourth-order valence-electron chi connectivity index (χ4n) is 2.98. The molecule has 0 radical (unpaired) electrons. The second kappa shape index (κ2) is 10.9. The summed E-state index contributed by atoms with van der Waals surface area (Å²) in [4.78, 5) is 24.6. The van der Waals surface area contributed by atoms with Crippen LogP contribution in [0.5, 0.6) is 11.5 Å². The Hall–Kier alpha value is -3.74. The van der Waals surface area contributed by atoms with Crippen molar-refractivity contribution in [2.45, 2.75) is 26.2 Å². The largest absolute Gasteiger partial charge is 0.493 e. The van der Waals surface area contributed by atoms with Gasteiger partial charge in [0.1, 0.15) is 0 Å². The normalized spacial score (nSPS) is 10.4. The number of nitrogens with zero attached hydrogens (tertiary/aromatic N) is 1. The second-order valence-electron chi connectivity index (χ2n) is 7.00. The lowest BCUT2D eigenvalue weighted by Crippen LogP contribution is -2.42. The zero-order valence-corrected chi connectivity index (χ0v) is 17.8. The van der Waals surface area contributed by atoms with Crippen molar-refractivity contribution in [3.63, 3.8) is 0 Å². The van der Waals surface area contributed by atoms with Gasteiger partial charge in [0.15, 0.2) is 11.5 Å². The van der Waals surface area contributed by atoms with Gasteiger partial charge < -0.3 is 14.0 Å². The van der Waals surface area contributed by atoms with Crippen molar-refractivity contribution in [1.29, 1.82) is 0 Å². The number of benzene rings is 2. The summed E-state index contributed by atoms with van der Waals surface area (Å²) in [7, 11) is 1.52. The van der Waals surface area contributed by atoms with E-state index in [-0.39, 0.29) is 12.3 Å². The van der Waals surface area contributed by atoms with Gasteiger partial charge in [0.25, 0.3) is 5.91 Å². The molecule has 2 N–H and O–H groups in total. The van der Waals surface area contributed by atoms with Crippen molar-refractivity contribution in [3.05, 3.63) is 78.1 Å². The number of carbonyl (C=O) groups excluding carboxylic acids is 2. The van der Waals surface area contributed by atoms with Crippen molar-refractivity contribution in [3.8, 4) is 17.2 Å². The molecule has 0 bridgehead atoms. The molecule has 1 heterocycles. The van der Waals surface area contributed by atoms with Gasteiger partial charge in [-0.15, -0.1) is 0 Å². The van der Waals surface area contributed by atoms with E-state index in [9.17, 15) is 9.59 Å². The molecule has 3 rings (SSSR count). The maximum atomic E-state index is 12.4. The van der Waals surface area contributed by atoms with E-state index in [4.69, 9.17) is 9.47 Å². The van der Waals surface area contributed by atoms with Crippen molar-refractivity contribution in [2.24, 2.45) is 0 Å². The van der Waals surface area contributed by atoms with Gasteiger partial charge in [-0.3, -0.25) is 20.4 Å². The molecule has 2 amide bonds. The molecule has 0 aliphatic rings. The molecule has 7 nitrogen and oxygen atoms in total. The van der Waals surface area contributed by atoms with Crippen LogP contribution in [0.4, 0.5) is 0 Å². The van der Waals surface area contributed by atoms with Gasteiger partial charge in [0.2, 0.25) is 5.91 Å². The van der Waals surface area contributed by atoms with Crippen LogP contribution in [0.15, 0.2) is 67.0 Å². The Labute approximate surface area is 182 Å². The van der Waals surface area contributed by atoms with E-state index in [1.54, 1.807) is 18.2 Å². The van der Waals surface area contributed by atoms with E-state index in [0.717, 1.165) is 24.1 Å². The number of amides is 2. The molecule has 7 heteroatoms. The first kappa shape index (κ1) is 22.0. The monoisotopic (exact) mass is 421 g/mol. The highest BCUT2D eigenvalue weighted by molar-refractivity contribution is 5.96. The Morgan fingerprint density at radius 2 is 1.71 bits per heavy atom. The molecule has 0 saturated carbocycles. The first-order chi connectivity index (χ1) is 15.1. The molecular formula is C24H27N3O4. The van der Waals surface area contributed by atoms with Gasteiger partial charge in [-0.25, -0.2) is 0 Å². The lowest BCUT2D eigenvalue weighted by molar-refractivity contribution is -0.121. The van der Waals surface area contributed by atoms with Crippen LogP contribution in [0.2, 0.25) is 0 Å². The third kappa shape index (κ3) is 6.12. The highest BCUT2D eigenvalue weighted by atomic mass is 16.5. The molecule has 31 heavy (non-hydrogen) atoms. The predicted octanol–water partition coefficient (Wildman–Crippen LogP) is 3.67. The van der Waals surface area contributed by atoms with E-state index in [1.165, 1.54) is 7.11 Å². The summed E-state index contributed by atoms with van der Waals surface area (Å²) in [5, 5.41) is 0. The molecule has 0 fully saturated rings. The molecule has 0 atom stereocenters. The van der Waals surface area contributed by atoms with Crippen LogP contribution in [0.25, 0.3) is 5.69 Å². The van der Waals surface area contributed by atoms with Crippen molar-refractivity contribution < 1.29 is 19.1 Å². The summed E-state index contributed by atoms with van der Waals surface area (Å²) in [6.45, 7) is 2.67. The van der Waals surface area contributed by atoms with Gasteiger partial charge in [0, 0.05) is 23.6 Å². The Bertz CT molecular complexity index is 998. The molecule has 162 valence electrons. The number of rotatable bonds is 9.